The maximum Gasteiger partial charge on any atom is 0.329 e. The summed E-state index contributed by atoms with van der Waals surface area (Å²) in [6, 6.07) is 4.92. The highest BCUT2D eigenvalue weighted by molar-refractivity contribution is 14.1. The Bertz CT molecular complexity index is 510. The molecule has 0 aromatic heterocycles. The molecule has 0 saturated carbocycles. The summed E-state index contributed by atoms with van der Waals surface area (Å²) in [6.07, 6.45) is 0.297. The lowest BCUT2D eigenvalue weighted by atomic mass is 10.00. The molecule has 7 heteroatoms. The molecule has 5 nitrogen and oxygen atoms in total. The Labute approximate surface area is 133 Å². The minimum Gasteiger partial charge on any atom is -0.480 e. The summed E-state index contributed by atoms with van der Waals surface area (Å²) in [5.74, 6) is -1.06. The van der Waals surface area contributed by atoms with Crippen LogP contribution in [0.3, 0.4) is 0 Å². The Balaban J connectivity index is 2.80. The Morgan fingerprint density at radius 1 is 1.47 bits per heavy atom. The molecule has 19 heavy (non-hydrogen) atoms. The van der Waals surface area contributed by atoms with Gasteiger partial charge in [-0.15, -0.1) is 0 Å². The van der Waals surface area contributed by atoms with E-state index in [0.29, 0.717) is 12.1 Å². The predicted octanol–water partition coefficient (Wildman–Crippen LogP) is 3.43. The molecule has 1 aromatic carbocycles. The van der Waals surface area contributed by atoms with Crippen LogP contribution in [-0.2, 0) is 4.79 Å². The summed E-state index contributed by atoms with van der Waals surface area (Å²) in [6.45, 7) is 3.18. The van der Waals surface area contributed by atoms with Crippen molar-refractivity contribution in [1.29, 1.82) is 0 Å². The van der Waals surface area contributed by atoms with Gasteiger partial charge in [0.2, 0.25) is 0 Å². The van der Waals surface area contributed by atoms with Gasteiger partial charge in [0.1, 0.15) is 5.54 Å². The highest BCUT2D eigenvalue weighted by atomic mass is 127. The molecule has 0 spiro atoms. The Morgan fingerprint density at radius 2 is 2.11 bits per heavy atom. The zero-order chi connectivity index (χ0) is 14.6. The molecule has 1 rings (SSSR count). The van der Waals surface area contributed by atoms with E-state index in [0.717, 1.165) is 8.04 Å². The van der Waals surface area contributed by atoms with Crippen molar-refractivity contribution in [2.24, 2.45) is 0 Å². The van der Waals surface area contributed by atoms with Crippen LogP contribution in [-0.4, -0.2) is 22.6 Å². The number of amides is 2. The summed E-state index contributed by atoms with van der Waals surface area (Å²) in [7, 11) is 0. The summed E-state index contributed by atoms with van der Waals surface area (Å²) in [5.41, 5.74) is -0.655. The average Bonchev–Trinajstić information content (AvgIpc) is 2.33. The molecular weight excluding hydrogens is 427 g/mol. The van der Waals surface area contributed by atoms with Crippen molar-refractivity contribution < 1.29 is 14.7 Å². The highest BCUT2D eigenvalue weighted by Gasteiger charge is 2.32. The molecule has 0 aliphatic carbocycles. The van der Waals surface area contributed by atoms with Crippen LogP contribution in [0.1, 0.15) is 20.3 Å². The topological polar surface area (TPSA) is 78.4 Å². The number of carbonyl (C=O) groups is 2. The number of carbonyl (C=O) groups excluding carboxylic acids is 1. The highest BCUT2D eigenvalue weighted by Crippen LogP contribution is 2.23. The van der Waals surface area contributed by atoms with Crippen molar-refractivity contribution in [1.82, 2.24) is 5.32 Å². The first-order valence-electron chi connectivity index (χ1n) is 5.56. The Kier molecular flexibility index (Phi) is 5.60. The number of nitrogens with one attached hydrogen (secondary N) is 2. The molecule has 0 heterocycles. The zero-order valence-electron chi connectivity index (χ0n) is 10.5. The van der Waals surface area contributed by atoms with E-state index >= 15 is 0 Å². The number of halogens is 2. The van der Waals surface area contributed by atoms with Crippen LogP contribution < -0.4 is 10.6 Å². The number of aliphatic carboxylic acids is 1. The molecule has 0 bridgehead atoms. The Morgan fingerprint density at radius 3 is 2.63 bits per heavy atom. The predicted molar refractivity (Wildman–Crippen MR) is 85.3 cm³/mol. The largest absolute Gasteiger partial charge is 0.480 e. The standard InChI is InChI=1S/C12H14BrIN2O3/c1-3-12(2,10(17)18)16-11(19)15-9-6-7(13)4-5-8(9)14/h4-6H,3H2,1-2H3,(H,17,18)(H2,15,16,19). The molecule has 1 atom stereocenters. The fraction of sp³-hybridized carbons (Fsp3) is 0.333. The van der Waals surface area contributed by atoms with Crippen LogP contribution >= 0.6 is 38.5 Å². The second-order valence-corrected chi connectivity index (χ2v) is 6.27. The number of hydrogen-bond acceptors (Lipinski definition) is 2. The third-order valence-corrected chi connectivity index (χ3v) is 4.18. The number of rotatable bonds is 4. The summed E-state index contributed by atoms with van der Waals surface area (Å²) < 4.78 is 1.70. The van der Waals surface area contributed by atoms with Gasteiger partial charge in [-0.25, -0.2) is 9.59 Å². The van der Waals surface area contributed by atoms with Gasteiger partial charge in [0.15, 0.2) is 0 Å². The van der Waals surface area contributed by atoms with E-state index in [1.165, 1.54) is 6.92 Å². The quantitative estimate of drug-likeness (QED) is 0.627. The smallest absolute Gasteiger partial charge is 0.329 e. The van der Waals surface area contributed by atoms with E-state index in [4.69, 9.17) is 5.11 Å². The van der Waals surface area contributed by atoms with Crippen LogP contribution in [0.5, 0.6) is 0 Å². The van der Waals surface area contributed by atoms with Crippen LogP contribution in [0.4, 0.5) is 10.5 Å². The summed E-state index contributed by atoms with van der Waals surface area (Å²) >= 11 is 5.41. The molecular formula is C12H14BrIN2O3. The molecule has 0 saturated heterocycles. The maximum atomic E-state index is 11.9. The van der Waals surface area contributed by atoms with E-state index < -0.39 is 17.5 Å². The minimum absolute atomic E-state index is 0.297. The summed E-state index contributed by atoms with van der Waals surface area (Å²) in [5, 5.41) is 14.2. The van der Waals surface area contributed by atoms with Gasteiger partial charge in [0.25, 0.3) is 0 Å². The fourth-order valence-corrected chi connectivity index (χ4v) is 2.12. The van der Waals surface area contributed by atoms with Gasteiger partial charge in [-0.3, -0.25) is 0 Å². The van der Waals surface area contributed by atoms with E-state index in [1.54, 1.807) is 13.0 Å². The molecule has 0 fully saturated rings. The fourth-order valence-electron chi connectivity index (χ4n) is 1.29. The molecule has 1 unspecified atom stereocenters. The molecule has 0 radical (unpaired) electrons. The first-order valence-corrected chi connectivity index (χ1v) is 7.43. The number of urea groups is 1. The number of carboxylic acids is 1. The average molecular weight is 441 g/mol. The number of hydrogen-bond donors (Lipinski definition) is 3. The van der Waals surface area contributed by atoms with Gasteiger partial charge in [-0.1, -0.05) is 22.9 Å². The zero-order valence-corrected chi connectivity index (χ0v) is 14.2. The lowest BCUT2D eigenvalue weighted by Crippen LogP contribution is -2.53. The van der Waals surface area contributed by atoms with Gasteiger partial charge in [-0.2, -0.15) is 0 Å². The second-order valence-electron chi connectivity index (χ2n) is 4.19. The van der Waals surface area contributed by atoms with Crippen LogP contribution in [0.2, 0.25) is 0 Å². The Hall–Kier alpha value is -0.830. The molecule has 104 valence electrons. The van der Waals surface area contributed by atoms with Crippen LogP contribution in [0.15, 0.2) is 22.7 Å². The third-order valence-electron chi connectivity index (χ3n) is 2.75. The normalized spacial score (nSPS) is 13.5. The SMILES string of the molecule is CCC(C)(NC(=O)Nc1cc(Br)ccc1I)C(=O)O. The van der Waals surface area contributed by atoms with Gasteiger partial charge < -0.3 is 15.7 Å². The second kappa shape index (κ2) is 6.56. The van der Waals surface area contributed by atoms with Crippen molar-refractivity contribution in [2.45, 2.75) is 25.8 Å². The maximum absolute atomic E-state index is 11.9. The van der Waals surface area contributed by atoms with Crippen molar-refractivity contribution in [2.75, 3.05) is 5.32 Å². The lowest BCUT2D eigenvalue weighted by Gasteiger charge is -2.24. The first-order chi connectivity index (χ1) is 8.78. The van der Waals surface area contributed by atoms with Crippen molar-refractivity contribution in [3.63, 3.8) is 0 Å². The number of carboxylic acid groups (broad SMARTS) is 1. The third kappa shape index (κ3) is 4.34. The van der Waals surface area contributed by atoms with E-state index in [2.05, 4.69) is 49.2 Å². The van der Waals surface area contributed by atoms with Gasteiger partial charge in [-0.05, 0) is 54.1 Å². The monoisotopic (exact) mass is 440 g/mol. The van der Waals surface area contributed by atoms with Crippen molar-refractivity contribution in [3.8, 4) is 0 Å². The van der Waals surface area contributed by atoms with E-state index in [-0.39, 0.29) is 0 Å². The number of anilines is 1. The molecule has 0 aliphatic rings. The van der Waals surface area contributed by atoms with E-state index in [9.17, 15) is 9.59 Å². The minimum atomic E-state index is -1.28. The molecule has 1 aromatic rings. The van der Waals surface area contributed by atoms with Crippen molar-refractivity contribution >= 4 is 56.2 Å². The van der Waals surface area contributed by atoms with Crippen LogP contribution in [0, 0.1) is 3.57 Å². The molecule has 0 aliphatic heterocycles. The van der Waals surface area contributed by atoms with Gasteiger partial charge in [0.05, 0.1) is 5.69 Å². The van der Waals surface area contributed by atoms with Crippen LogP contribution in [0.25, 0.3) is 0 Å². The summed E-state index contributed by atoms with van der Waals surface area (Å²) in [4.78, 5) is 23.0. The van der Waals surface area contributed by atoms with Gasteiger partial charge in [0, 0.05) is 8.04 Å². The van der Waals surface area contributed by atoms with Crippen molar-refractivity contribution in [3.05, 3.63) is 26.2 Å². The lowest BCUT2D eigenvalue weighted by molar-refractivity contribution is -0.143. The molecule has 3 N–H and O–H groups in total. The van der Waals surface area contributed by atoms with E-state index in [1.807, 2.05) is 12.1 Å². The number of benzene rings is 1. The first kappa shape index (κ1) is 16.2. The molecule has 2 amide bonds. The van der Waals surface area contributed by atoms with Gasteiger partial charge >= 0.3 is 12.0 Å².